The van der Waals surface area contributed by atoms with Crippen LogP contribution in [-0.2, 0) is 0 Å². The van der Waals surface area contributed by atoms with Gasteiger partial charge in [0, 0.05) is 38.2 Å². The highest BCUT2D eigenvalue weighted by atomic mass is 15.3. The van der Waals surface area contributed by atoms with Gasteiger partial charge in [-0.05, 0) is 57.1 Å². The maximum absolute atomic E-state index is 5.56. The molecular formula is C63H43N5. The van der Waals surface area contributed by atoms with E-state index in [-0.39, 0.29) is 0 Å². The van der Waals surface area contributed by atoms with Crippen LogP contribution in [0, 0.1) is 0 Å². The molecule has 0 saturated carbocycles. The quantitative estimate of drug-likeness (QED) is 0.170. The summed E-state index contributed by atoms with van der Waals surface area (Å²) in [6, 6.07) is 88.9. The minimum atomic E-state index is -0.405. The van der Waals surface area contributed by atoms with Crippen LogP contribution in [0.3, 0.4) is 0 Å². The number of nitrogens with zero attached hydrogens (tertiary/aromatic N) is 4. The molecule has 68 heavy (non-hydrogen) atoms. The molecule has 2 aromatic heterocycles. The first kappa shape index (κ1) is 39.3. The van der Waals surface area contributed by atoms with Crippen molar-refractivity contribution in [3.05, 3.63) is 260 Å². The van der Waals surface area contributed by atoms with Crippen molar-refractivity contribution >= 4 is 55.4 Å². The van der Waals surface area contributed by atoms with Crippen LogP contribution < -0.4 is 5.32 Å². The van der Waals surface area contributed by atoms with E-state index in [1.54, 1.807) is 0 Å². The summed E-state index contributed by atoms with van der Waals surface area (Å²) in [6.45, 7) is 0. The molecule has 5 nitrogen and oxygen atoms in total. The predicted octanol–water partition coefficient (Wildman–Crippen LogP) is 15.5. The van der Waals surface area contributed by atoms with Crippen LogP contribution in [0.15, 0.2) is 259 Å². The van der Waals surface area contributed by atoms with Gasteiger partial charge in [0.15, 0.2) is 5.84 Å². The summed E-state index contributed by atoms with van der Waals surface area (Å²) in [4.78, 5) is 10.9. The summed E-state index contributed by atoms with van der Waals surface area (Å²) >= 11 is 0. The van der Waals surface area contributed by atoms with Gasteiger partial charge in [-0.25, -0.2) is 4.99 Å². The molecule has 10 aromatic carbocycles. The normalized spacial score (nSPS) is 13.7. The van der Waals surface area contributed by atoms with Gasteiger partial charge in [0.2, 0.25) is 5.96 Å². The fraction of sp³-hybridized carbons (Fsp3) is 0.0159. The van der Waals surface area contributed by atoms with Crippen molar-refractivity contribution in [3.8, 4) is 50.2 Å². The highest BCUT2D eigenvalue weighted by Crippen LogP contribution is 2.45. The van der Waals surface area contributed by atoms with Gasteiger partial charge in [0.25, 0.3) is 0 Å². The SMILES string of the molecule is c1ccc(-c2ccc(-c3cccc(C4=NC(c5ccccc5)NC(n5c6ccccc6c6ccc7c8ccccc8n(-c8c(-c9ccccc9)cccc8-c8ccccc8)c7c65)=N4)c3)cc2)cc1. The van der Waals surface area contributed by atoms with E-state index in [0.29, 0.717) is 11.8 Å². The van der Waals surface area contributed by atoms with Gasteiger partial charge < -0.3 is 9.88 Å². The van der Waals surface area contributed by atoms with Crippen LogP contribution in [0.1, 0.15) is 17.3 Å². The monoisotopic (exact) mass is 869 g/mol. The van der Waals surface area contributed by atoms with Crippen molar-refractivity contribution in [2.24, 2.45) is 9.98 Å². The molecule has 1 unspecified atom stereocenters. The summed E-state index contributed by atoms with van der Waals surface area (Å²) in [6.07, 6.45) is -0.405. The minimum absolute atomic E-state index is 0.405. The molecule has 1 aliphatic heterocycles. The average Bonchev–Trinajstić information content (AvgIpc) is 3.95. The summed E-state index contributed by atoms with van der Waals surface area (Å²) in [5, 5.41) is 8.50. The molecule has 0 amide bonds. The lowest BCUT2D eigenvalue weighted by molar-refractivity contribution is 0.661. The first-order chi connectivity index (χ1) is 33.7. The molecule has 1 atom stereocenters. The Balaban J connectivity index is 1.08. The molecule has 0 radical (unpaired) electrons. The second-order valence-corrected chi connectivity index (χ2v) is 17.4. The Kier molecular flexibility index (Phi) is 9.50. The number of para-hydroxylation sites is 3. The van der Waals surface area contributed by atoms with E-state index < -0.39 is 6.17 Å². The van der Waals surface area contributed by atoms with Crippen LogP contribution >= 0.6 is 0 Å². The molecule has 0 spiro atoms. The minimum Gasteiger partial charge on any atom is -0.330 e. The smallest absolute Gasteiger partial charge is 0.212 e. The Bertz CT molecular complexity index is 3850. The van der Waals surface area contributed by atoms with Crippen molar-refractivity contribution in [2.45, 2.75) is 6.17 Å². The molecule has 1 aliphatic rings. The van der Waals surface area contributed by atoms with Gasteiger partial charge in [-0.1, -0.05) is 231 Å². The second kappa shape index (κ2) is 16.4. The third kappa shape index (κ3) is 6.63. The molecule has 12 aromatic rings. The van der Waals surface area contributed by atoms with Crippen molar-refractivity contribution < 1.29 is 0 Å². The molecule has 0 bridgehead atoms. The number of hydrogen-bond donors (Lipinski definition) is 1. The Morgan fingerprint density at radius 3 is 1.38 bits per heavy atom. The van der Waals surface area contributed by atoms with E-state index in [2.05, 4.69) is 263 Å². The van der Waals surface area contributed by atoms with Crippen LogP contribution in [-0.4, -0.2) is 20.9 Å². The summed E-state index contributed by atoms with van der Waals surface area (Å²) in [7, 11) is 0. The Morgan fingerprint density at radius 2 is 0.779 bits per heavy atom. The largest absolute Gasteiger partial charge is 0.330 e. The fourth-order valence-electron chi connectivity index (χ4n) is 10.2. The van der Waals surface area contributed by atoms with Gasteiger partial charge >= 0.3 is 0 Å². The molecule has 0 fully saturated rings. The zero-order valence-corrected chi connectivity index (χ0v) is 37.0. The number of aliphatic imine (C=N–C) groups is 2. The number of rotatable bonds is 7. The first-order valence-corrected chi connectivity index (χ1v) is 23.2. The standard InChI is InChI=1S/C63H43N5/c1-5-19-42(20-6-1)43-35-37-44(38-36-43)48-27-17-28-49(41-48)62-64-61(47-25-11-4-12-26-47)65-63(66-62)68-57-34-16-14-30-53(57)55-40-39-54-52-29-13-15-33-56(52)67(59(54)60(55)68)58-50(45-21-7-2-8-22-45)31-18-32-51(58)46-23-9-3-10-24-46/h1-41,61H,(H,64,65,66). The van der Waals surface area contributed by atoms with Crippen molar-refractivity contribution in [3.63, 3.8) is 0 Å². The highest BCUT2D eigenvalue weighted by Gasteiger charge is 2.28. The van der Waals surface area contributed by atoms with Crippen LogP contribution in [0.25, 0.3) is 93.8 Å². The van der Waals surface area contributed by atoms with E-state index in [1.165, 1.54) is 16.5 Å². The topological polar surface area (TPSA) is 46.6 Å². The van der Waals surface area contributed by atoms with Gasteiger partial charge in [-0.3, -0.25) is 4.57 Å². The number of hydrogen-bond acceptors (Lipinski definition) is 3. The number of aromatic nitrogens is 2. The number of fused-ring (bicyclic) bond motifs is 7. The molecule has 0 aliphatic carbocycles. The van der Waals surface area contributed by atoms with Crippen molar-refractivity contribution in [2.75, 3.05) is 0 Å². The third-order valence-electron chi connectivity index (χ3n) is 13.4. The number of amidine groups is 1. The van der Waals surface area contributed by atoms with Crippen LogP contribution in [0.4, 0.5) is 0 Å². The zero-order valence-electron chi connectivity index (χ0n) is 37.0. The Hall–Kier alpha value is -9.06. The Labute approximate surface area is 394 Å². The lowest BCUT2D eigenvalue weighted by atomic mass is 9.95. The lowest BCUT2D eigenvalue weighted by Crippen LogP contribution is -2.37. The van der Waals surface area contributed by atoms with Crippen LogP contribution in [0.5, 0.6) is 0 Å². The summed E-state index contributed by atoms with van der Waals surface area (Å²) in [5.41, 5.74) is 16.7. The molecule has 320 valence electrons. The van der Waals surface area contributed by atoms with E-state index >= 15 is 0 Å². The van der Waals surface area contributed by atoms with Gasteiger partial charge in [0.05, 0.1) is 27.8 Å². The summed E-state index contributed by atoms with van der Waals surface area (Å²) < 4.78 is 4.87. The summed E-state index contributed by atoms with van der Waals surface area (Å²) in [5.74, 6) is 1.37. The third-order valence-corrected chi connectivity index (χ3v) is 13.4. The maximum atomic E-state index is 5.56. The second-order valence-electron chi connectivity index (χ2n) is 17.4. The molecule has 5 heteroatoms. The van der Waals surface area contributed by atoms with Crippen LogP contribution in [0.2, 0.25) is 0 Å². The van der Waals surface area contributed by atoms with E-state index in [1.807, 2.05) is 0 Å². The molecule has 1 N–H and O–H groups in total. The molecule has 3 heterocycles. The highest BCUT2D eigenvalue weighted by molar-refractivity contribution is 6.27. The van der Waals surface area contributed by atoms with Gasteiger partial charge in [-0.15, -0.1) is 0 Å². The Morgan fingerprint density at radius 1 is 0.338 bits per heavy atom. The number of nitrogens with one attached hydrogen (secondary N) is 1. The molecule has 13 rings (SSSR count). The van der Waals surface area contributed by atoms with Crippen molar-refractivity contribution in [1.29, 1.82) is 0 Å². The molecular weight excluding hydrogens is 827 g/mol. The average molecular weight is 870 g/mol. The van der Waals surface area contributed by atoms with E-state index in [0.717, 1.165) is 88.4 Å². The van der Waals surface area contributed by atoms with Gasteiger partial charge in [-0.2, -0.15) is 4.99 Å². The van der Waals surface area contributed by atoms with Gasteiger partial charge in [0.1, 0.15) is 6.17 Å². The molecule has 0 saturated heterocycles. The van der Waals surface area contributed by atoms with E-state index in [4.69, 9.17) is 9.98 Å². The first-order valence-electron chi connectivity index (χ1n) is 23.2. The zero-order chi connectivity index (χ0) is 45.0. The predicted molar refractivity (Wildman–Crippen MR) is 284 cm³/mol. The number of benzene rings is 10. The van der Waals surface area contributed by atoms with Crippen molar-refractivity contribution in [1.82, 2.24) is 14.5 Å². The van der Waals surface area contributed by atoms with E-state index in [9.17, 15) is 0 Å². The maximum Gasteiger partial charge on any atom is 0.212 e. The fourth-order valence-corrected chi connectivity index (χ4v) is 10.2. The lowest BCUT2D eigenvalue weighted by Gasteiger charge is -2.25.